The van der Waals surface area contributed by atoms with Crippen LogP contribution in [0.1, 0.15) is 380 Å². The van der Waals surface area contributed by atoms with Gasteiger partial charge in [0.25, 0.3) is 5.79 Å². The van der Waals surface area contributed by atoms with Crippen LogP contribution in [0.5, 0.6) is 0 Å². The van der Waals surface area contributed by atoms with E-state index in [1.807, 2.05) is 6.08 Å². The molecule has 0 aromatic carbocycles. The summed E-state index contributed by atoms with van der Waals surface area (Å²) in [6.45, 7) is 2.20. The van der Waals surface area contributed by atoms with E-state index in [0.29, 0.717) is 12.8 Å². The molecule has 3 saturated heterocycles. The van der Waals surface area contributed by atoms with Crippen molar-refractivity contribution < 1.29 is 104 Å². The zero-order valence-electron chi connectivity index (χ0n) is 70.7. The molecular weight excluding hydrogens is 1440 g/mol. The van der Waals surface area contributed by atoms with Crippen molar-refractivity contribution in [2.45, 2.75) is 490 Å². The third-order valence-corrected chi connectivity index (χ3v) is 23.1. The monoisotopic (exact) mass is 1610 g/mol. The van der Waals surface area contributed by atoms with Crippen molar-refractivity contribution in [3.05, 3.63) is 36.5 Å². The van der Waals surface area contributed by atoms with E-state index in [4.69, 9.17) is 28.4 Å². The van der Waals surface area contributed by atoms with Crippen molar-refractivity contribution in [1.29, 1.82) is 0 Å². The van der Waals surface area contributed by atoms with Crippen LogP contribution in [0, 0.1) is 0 Å². The number of allylic oxidation sites excluding steroid dienone is 5. The molecule has 3 rings (SSSR count). The van der Waals surface area contributed by atoms with Gasteiger partial charge in [0.15, 0.2) is 12.6 Å². The van der Waals surface area contributed by atoms with Gasteiger partial charge in [-0.15, -0.1) is 0 Å². The Morgan fingerprint density at radius 2 is 0.858 bits per heavy atom. The molecule has 2 amide bonds. The van der Waals surface area contributed by atoms with E-state index in [2.05, 4.69) is 48.8 Å². The maximum Gasteiger partial charge on any atom is 0.364 e. The van der Waals surface area contributed by atoms with Gasteiger partial charge in [-0.05, 0) is 51.4 Å². The molecule has 18 unspecified atom stereocenters. The molecule has 113 heavy (non-hydrogen) atoms. The van der Waals surface area contributed by atoms with Crippen LogP contribution in [0.25, 0.3) is 0 Å². The van der Waals surface area contributed by atoms with Gasteiger partial charge in [-0.3, -0.25) is 9.59 Å². The quantitative estimate of drug-likeness (QED) is 0.0199. The summed E-state index contributed by atoms with van der Waals surface area (Å²) in [6, 6.07) is -2.62. The minimum atomic E-state index is -3.08. The lowest BCUT2D eigenvalue weighted by Gasteiger charge is -2.50. The maximum atomic E-state index is 13.6. The number of aliphatic carboxylic acids is 1. The van der Waals surface area contributed by atoms with Crippen LogP contribution in [0.3, 0.4) is 0 Å². The Morgan fingerprint density at radius 1 is 0.469 bits per heavy atom. The summed E-state index contributed by atoms with van der Waals surface area (Å²) < 4.78 is 35.0. The number of carboxylic acids is 1. The fourth-order valence-corrected chi connectivity index (χ4v) is 15.9. The summed E-state index contributed by atoms with van der Waals surface area (Å²) in [6.07, 6.45) is 52.1. The Kier molecular flexibility index (Phi) is 62.4. The van der Waals surface area contributed by atoms with E-state index in [0.717, 1.165) is 58.3 Å². The number of hydrogen-bond donors (Lipinski definition) is 14. The predicted molar refractivity (Wildman–Crippen MR) is 444 cm³/mol. The summed E-state index contributed by atoms with van der Waals surface area (Å²) in [5.41, 5.74) is 0. The van der Waals surface area contributed by atoms with Crippen molar-refractivity contribution >= 4 is 17.8 Å². The van der Waals surface area contributed by atoms with E-state index < -0.39 is 155 Å². The lowest BCUT2D eigenvalue weighted by molar-refractivity contribution is -0.386. The number of rotatable bonds is 74. The molecule has 3 aliphatic rings. The molecule has 3 heterocycles. The standard InChI is InChI=1S/C90H166N2O21/c1-4-6-8-10-12-14-16-18-20-22-24-26-27-28-29-30-31-32-33-34-35-36-37-38-39-40-41-42-43-44-46-48-50-52-54-56-58-60-62-64-77(100)92-71(72(97)63-61-59-57-55-53-51-49-47-45-25-23-21-19-17-15-13-11-9-7-5-2)69-108-87-82(104)81(103)84(76(68-95)110-87)111-88-83(105)86(80(102)75(67-94)109-88)113-90(89(106)107)65-73(98)78(91-70(3)96)85(112-90)79(101)74(99)66-93/h31-32,34-35,61,63,71-76,78-88,93-95,97-99,101-105H,4-30,33,36-60,62,64-69H2,1-3H3,(H,91,96)(H,92,100)(H,106,107)/b32-31-,35-34-,63-61+. The zero-order chi connectivity index (χ0) is 82.4. The highest BCUT2D eigenvalue weighted by molar-refractivity contribution is 5.77. The van der Waals surface area contributed by atoms with E-state index in [1.54, 1.807) is 6.08 Å². The average molecular weight is 1610 g/mol. The Bertz CT molecular complexity index is 2370. The molecule has 0 aliphatic carbocycles. The Balaban J connectivity index is 1.41. The number of hydrogen-bond acceptors (Lipinski definition) is 20. The average Bonchev–Trinajstić information content (AvgIpc) is 0.755. The highest BCUT2D eigenvalue weighted by atomic mass is 16.8. The van der Waals surface area contributed by atoms with Crippen molar-refractivity contribution in [1.82, 2.24) is 10.6 Å². The second-order valence-corrected chi connectivity index (χ2v) is 33.2. The Hall–Kier alpha value is -3.05. The Labute approximate surface area is 682 Å². The van der Waals surface area contributed by atoms with Gasteiger partial charge in [0.1, 0.15) is 67.1 Å². The summed E-state index contributed by atoms with van der Waals surface area (Å²) in [5.74, 6) is -6.14. The molecule has 23 heteroatoms. The lowest BCUT2D eigenvalue weighted by Crippen LogP contribution is -2.70. The van der Waals surface area contributed by atoms with Gasteiger partial charge in [-0.2, -0.15) is 0 Å². The molecule has 0 spiro atoms. The molecule has 0 saturated carbocycles. The zero-order valence-corrected chi connectivity index (χ0v) is 70.7. The van der Waals surface area contributed by atoms with Gasteiger partial charge >= 0.3 is 5.97 Å². The first-order valence-electron chi connectivity index (χ1n) is 45.9. The number of aliphatic hydroxyl groups is 11. The van der Waals surface area contributed by atoms with E-state index in [9.17, 15) is 75.7 Å². The van der Waals surface area contributed by atoms with Crippen molar-refractivity contribution in [2.75, 3.05) is 26.4 Å². The molecular formula is C90H166N2O21. The van der Waals surface area contributed by atoms with Crippen LogP contribution in [0.4, 0.5) is 0 Å². The summed E-state index contributed by atoms with van der Waals surface area (Å²) >= 11 is 0. The van der Waals surface area contributed by atoms with Crippen molar-refractivity contribution in [3.63, 3.8) is 0 Å². The van der Waals surface area contributed by atoms with Gasteiger partial charge < -0.3 is 100 Å². The van der Waals surface area contributed by atoms with Gasteiger partial charge in [0, 0.05) is 19.8 Å². The second-order valence-electron chi connectivity index (χ2n) is 33.2. The van der Waals surface area contributed by atoms with Crippen LogP contribution in [-0.2, 0) is 42.8 Å². The van der Waals surface area contributed by atoms with Gasteiger partial charge in [-0.25, -0.2) is 4.79 Å². The third kappa shape index (κ3) is 46.4. The first-order valence-corrected chi connectivity index (χ1v) is 45.9. The number of carbonyl (C=O) groups is 3. The van der Waals surface area contributed by atoms with Crippen LogP contribution in [0.15, 0.2) is 36.5 Å². The molecule has 0 aromatic heterocycles. The first kappa shape index (κ1) is 104. The van der Waals surface area contributed by atoms with Gasteiger partial charge in [0.05, 0.1) is 50.7 Å². The molecule has 23 nitrogen and oxygen atoms in total. The Morgan fingerprint density at radius 3 is 1.25 bits per heavy atom. The first-order chi connectivity index (χ1) is 54.9. The molecule has 3 aliphatic heterocycles. The van der Waals surface area contributed by atoms with Gasteiger partial charge in [0.2, 0.25) is 11.8 Å². The molecule has 14 N–H and O–H groups in total. The van der Waals surface area contributed by atoms with E-state index in [-0.39, 0.29) is 12.3 Å². The van der Waals surface area contributed by atoms with Gasteiger partial charge in [-0.1, -0.05) is 346 Å². The molecule has 0 radical (unpaired) electrons. The number of nitrogens with one attached hydrogen (secondary N) is 2. The predicted octanol–water partition coefficient (Wildman–Crippen LogP) is 14.8. The number of ether oxygens (including phenoxy) is 6. The van der Waals surface area contributed by atoms with Crippen LogP contribution < -0.4 is 10.6 Å². The smallest absolute Gasteiger partial charge is 0.364 e. The topological polar surface area (TPSA) is 373 Å². The minimum Gasteiger partial charge on any atom is -0.477 e. The number of aliphatic hydroxyl groups excluding tert-OH is 11. The highest BCUT2D eigenvalue weighted by Crippen LogP contribution is 2.39. The third-order valence-electron chi connectivity index (χ3n) is 23.1. The molecule has 0 bridgehead atoms. The van der Waals surface area contributed by atoms with E-state index in [1.165, 1.54) is 283 Å². The lowest BCUT2D eigenvalue weighted by atomic mass is 9.88. The number of amides is 2. The molecule has 0 aromatic rings. The van der Waals surface area contributed by atoms with Crippen molar-refractivity contribution in [2.24, 2.45) is 0 Å². The highest BCUT2D eigenvalue weighted by Gasteiger charge is 2.60. The fraction of sp³-hybridized carbons (Fsp3) is 0.900. The molecule has 18 atom stereocenters. The second kappa shape index (κ2) is 67.7. The van der Waals surface area contributed by atoms with Crippen LogP contribution >= 0.6 is 0 Å². The van der Waals surface area contributed by atoms with Crippen LogP contribution in [0.2, 0.25) is 0 Å². The minimum absolute atomic E-state index is 0.202. The molecule has 3 fully saturated rings. The number of carboxylic acid groups (broad SMARTS) is 1. The normalized spacial score (nSPS) is 25.4. The maximum absolute atomic E-state index is 13.6. The summed E-state index contributed by atoms with van der Waals surface area (Å²) in [7, 11) is 0. The number of unbranched alkanes of at least 4 members (excludes halogenated alkanes) is 50. The largest absolute Gasteiger partial charge is 0.477 e. The van der Waals surface area contributed by atoms with Crippen molar-refractivity contribution in [3.8, 4) is 0 Å². The van der Waals surface area contributed by atoms with E-state index >= 15 is 0 Å². The summed E-state index contributed by atoms with van der Waals surface area (Å²) in [4.78, 5) is 38.8. The number of carbonyl (C=O) groups excluding carboxylic acids is 2. The van der Waals surface area contributed by atoms with Crippen LogP contribution in [-0.4, -0.2) is 215 Å². The molecule has 662 valence electrons. The summed E-state index contributed by atoms with van der Waals surface area (Å²) in [5, 5.41) is 137. The fourth-order valence-electron chi connectivity index (χ4n) is 15.9. The SMILES string of the molecule is CCCCCCCCCCCCCCCCC/C=C\C/C=C\CCCCCCCCCCCCCCCCCCCC(=O)NC(COC1OC(CO)C(OC2OC(CO)C(O)C(OC3(C(=O)O)CC(O)C(NC(C)=O)C(C(O)C(O)CO)O3)C2O)C(O)C1O)C(O)/C=C/CCCCCCCCCCCCCCCCCCCC.